The second-order valence-electron chi connectivity index (χ2n) is 5.62. The molecule has 0 aromatic rings. The van der Waals surface area contributed by atoms with Crippen molar-refractivity contribution in [3.05, 3.63) is 0 Å². The molecular weight excluding hydrogens is 206 g/mol. The molecule has 2 unspecified atom stereocenters. The van der Waals surface area contributed by atoms with Crippen molar-refractivity contribution in [2.45, 2.75) is 44.8 Å². The molecule has 16 heavy (non-hydrogen) atoms. The van der Waals surface area contributed by atoms with E-state index in [1.165, 1.54) is 0 Å². The fourth-order valence-corrected chi connectivity index (χ4v) is 2.69. The molecule has 2 saturated heterocycles. The zero-order valence-electron chi connectivity index (χ0n) is 10.1. The van der Waals surface area contributed by atoms with Gasteiger partial charge in [-0.2, -0.15) is 0 Å². The Morgan fingerprint density at radius 2 is 2.25 bits per heavy atom. The lowest BCUT2D eigenvalue weighted by Gasteiger charge is -2.23. The third-order valence-corrected chi connectivity index (χ3v) is 3.64. The van der Waals surface area contributed by atoms with Crippen LogP contribution < -0.4 is 0 Å². The molecule has 4 heteroatoms. The largest absolute Gasteiger partial charge is 0.481 e. The number of carbonyl (C=O) groups is 1. The number of rotatable bonds is 3. The van der Waals surface area contributed by atoms with Crippen LogP contribution in [0.2, 0.25) is 0 Å². The van der Waals surface area contributed by atoms with E-state index in [1.54, 1.807) is 0 Å². The van der Waals surface area contributed by atoms with Gasteiger partial charge in [-0.1, -0.05) is 0 Å². The summed E-state index contributed by atoms with van der Waals surface area (Å²) < 4.78 is 5.92. The Morgan fingerprint density at radius 1 is 1.50 bits per heavy atom. The van der Waals surface area contributed by atoms with Crippen LogP contribution in [0.25, 0.3) is 0 Å². The summed E-state index contributed by atoms with van der Waals surface area (Å²) in [5.41, 5.74) is 0.0105. The minimum atomic E-state index is -0.657. The van der Waals surface area contributed by atoms with E-state index in [0.717, 1.165) is 32.4 Å². The van der Waals surface area contributed by atoms with Crippen LogP contribution in [-0.2, 0) is 9.53 Å². The van der Waals surface area contributed by atoms with Crippen molar-refractivity contribution in [1.82, 2.24) is 4.90 Å². The van der Waals surface area contributed by atoms with Crippen LogP contribution in [0.15, 0.2) is 0 Å². The van der Waals surface area contributed by atoms with Crippen LogP contribution >= 0.6 is 0 Å². The first kappa shape index (κ1) is 11.9. The van der Waals surface area contributed by atoms with E-state index in [0.29, 0.717) is 12.6 Å². The van der Waals surface area contributed by atoms with Crippen LogP contribution in [0, 0.1) is 5.92 Å². The normalized spacial score (nSPS) is 34.4. The van der Waals surface area contributed by atoms with E-state index >= 15 is 0 Å². The molecule has 0 aromatic heterocycles. The van der Waals surface area contributed by atoms with Crippen LogP contribution in [0.1, 0.15) is 33.1 Å². The molecule has 92 valence electrons. The van der Waals surface area contributed by atoms with Crippen molar-refractivity contribution in [2.75, 3.05) is 19.6 Å². The van der Waals surface area contributed by atoms with Gasteiger partial charge in [0.2, 0.25) is 0 Å². The quantitative estimate of drug-likeness (QED) is 0.790. The maximum atomic E-state index is 10.8. The van der Waals surface area contributed by atoms with Crippen molar-refractivity contribution in [2.24, 2.45) is 5.92 Å². The first-order valence-electron chi connectivity index (χ1n) is 6.09. The lowest BCUT2D eigenvalue weighted by molar-refractivity contribution is -0.141. The van der Waals surface area contributed by atoms with Crippen LogP contribution in [-0.4, -0.2) is 47.3 Å². The maximum absolute atomic E-state index is 10.8. The number of hydrogen-bond donors (Lipinski definition) is 1. The van der Waals surface area contributed by atoms with Crippen molar-refractivity contribution >= 4 is 5.97 Å². The minimum Gasteiger partial charge on any atom is -0.481 e. The molecule has 0 aromatic carbocycles. The first-order chi connectivity index (χ1) is 7.46. The van der Waals surface area contributed by atoms with Crippen molar-refractivity contribution < 1.29 is 14.6 Å². The third kappa shape index (κ3) is 2.74. The molecule has 2 fully saturated rings. The average molecular weight is 227 g/mol. The molecule has 2 rings (SSSR count). The van der Waals surface area contributed by atoms with E-state index in [-0.39, 0.29) is 11.5 Å². The molecule has 0 aliphatic carbocycles. The third-order valence-electron chi connectivity index (χ3n) is 3.64. The van der Waals surface area contributed by atoms with Crippen LogP contribution in [0.4, 0.5) is 0 Å². The van der Waals surface area contributed by atoms with Crippen LogP contribution in [0.3, 0.4) is 0 Å². The van der Waals surface area contributed by atoms with Crippen molar-refractivity contribution in [3.8, 4) is 0 Å². The molecule has 2 aliphatic rings. The number of ether oxygens (including phenoxy) is 1. The summed E-state index contributed by atoms with van der Waals surface area (Å²) >= 11 is 0. The molecule has 4 nitrogen and oxygen atoms in total. The molecule has 0 bridgehead atoms. The molecular formula is C12H21NO3. The highest BCUT2D eigenvalue weighted by Crippen LogP contribution is 2.30. The van der Waals surface area contributed by atoms with Crippen LogP contribution in [0.5, 0.6) is 0 Å². The first-order valence-corrected chi connectivity index (χ1v) is 6.09. The number of aliphatic carboxylic acids is 1. The lowest BCUT2D eigenvalue weighted by atomic mass is 10.1. The van der Waals surface area contributed by atoms with Crippen molar-refractivity contribution in [1.29, 1.82) is 0 Å². The topological polar surface area (TPSA) is 49.8 Å². The van der Waals surface area contributed by atoms with Gasteiger partial charge in [0.25, 0.3) is 0 Å². The second kappa shape index (κ2) is 4.34. The zero-order chi connectivity index (χ0) is 11.8. The Kier molecular flexibility index (Phi) is 3.22. The Hall–Kier alpha value is -0.610. The number of nitrogens with zero attached hydrogens (tertiary/aromatic N) is 1. The summed E-state index contributed by atoms with van der Waals surface area (Å²) in [4.78, 5) is 13.1. The van der Waals surface area contributed by atoms with E-state index in [2.05, 4.69) is 18.7 Å². The Balaban J connectivity index is 1.78. The van der Waals surface area contributed by atoms with Gasteiger partial charge in [0, 0.05) is 13.1 Å². The maximum Gasteiger partial charge on any atom is 0.307 e. The molecule has 0 radical (unpaired) electrons. The van der Waals surface area contributed by atoms with Gasteiger partial charge in [-0.3, -0.25) is 9.69 Å². The fourth-order valence-electron chi connectivity index (χ4n) is 2.69. The van der Waals surface area contributed by atoms with Gasteiger partial charge >= 0.3 is 5.97 Å². The van der Waals surface area contributed by atoms with E-state index in [4.69, 9.17) is 9.84 Å². The molecule has 0 saturated carbocycles. The molecule has 0 amide bonds. The fraction of sp³-hybridized carbons (Fsp3) is 0.917. The summed E-state index contributed by atoms with van der Waals surface area (Å²) in [7, 11) is 0. The molecule has 2 aliphatic heterocycles. The Bertz CT molecular complexity index is 277. The van der Waals surface area contributed by atoms with Gasteiger partial charge in [0.1, 0.15) is 0 Å². The summed E-state index contributed by atoms with van der Waals surface area (Å²) in [6, 6.07) is 0. The summed E-state index contributed by atoms with van der Waals surface area (Å²) in [6.07, 6.45) is 3.28. The Morgan fingerprint density at radius 3 is 2.75 bits per heavy atom. The highest BCUT2D eigenvalue weighted by molar-refractivity contribution is 5.70. The highest BCUT2D eigenvalue weighted by atomic mass is 16.5. The number of hydrogen-bond acceptors (Lipinski definition) is 3. The second-order valence-corrected chi connectivity index (χ2v) is 5.62. The lowest BCUT2D eigenvalue weighted by Crippen LogP contribution is -2.33. The molecule has 2 heterocycles. The van der Waals surface area contributed by atoms with E-state index < -0.39 is 5.97 Å². The predicted octanol–water partition coefficient (Wildman–Crippen LogP) is 1.35. The number of carboxylic acids is 1. The molecule has 2 atom stereocenters. The molecule has 1 N–H and O–H groups in total. The highest BCUT2D eigenvalue weighted by Gasteiger charge is 2.35. The summed E-state index contributed by atoms with van der Waals surface area (Å²) in [5, 5.41) is 8.92. The summed E-state index contributed by atoms with van der Waals surface area (Å²) in [5.74, 6) is -0.829. The van der Waals surface area contributed by atoms with Gasteiger partial charge < -0.3 is 9.84 Å². The van der Waals surface area contributed by atoms with E-state index in [9.17, 15) is 4.79 Å². The standard InChI is InChI=1S/C12H21NO3/c1-12(2)5-3-10(16-12)8-13-6-4-9(7-13)11(14)15/h9-10H,3-8H2,1-2H3,(H,14,15). The van der Waals surface area contributed by atoms with Gasteiger partial charge in [0.15, 0.2) is 0 Å². The van der Waals surface area contributed by atoms with Gasteiger partial charge in [0.05, 0.1) is 17.6 Å². The van der Waals surface area contributed by atoms with Crippen molar-refractivity contribution in [3.63, 3.8) is 0 Å². The van der Waals surface area contributed by atoms with Gasteiger partial charge in [-0.05, 0) is 39.7 Å². The number of likely N-dealkylation sites (tertiary alicyclic amines) is 1. The van der Waals surface area contributed by atoms with E-state index in [1.807, 2.05) is 0 Å². The van der Waals surface area contributed by atoms with Gasteiger partial charge in [-0.25, -0.2) is 0 Å². The zero-order valence-corrected chi connectivity index (χ0v) is 10.1. The van der Waals surface area contributed by atoms with Gasteiger partial charge in [-0.15, -0.1) is 0 Å². The minimum absolute atomic E-state index is 0.0105. The predicted molar refractivity (Wildman–Crippen MR) is 60.4 cm³/mol. The Labute approximate surface area is 96.6 Å². The number of carboxylic acid groups (broad SMARTS) is 1. The summed E-state index contributed by atoms with van der Waals surface area (Å²) in [6.45, 7) is 6.73. The smallest absolute Gasteiger partial charge is 0.307 e. The monoisotopic (exact) mass is 227 g/mol. The molecule has 0 spiro atoms. The average Bonchev–Trinajstić information content (AvgIpc) is 2.73. The SMILES string of the molecule is CC1(C)CCC(CN2CCC(C(=O)O)C2)O1.